The molecule has 0 amide bonds. The molecule has 0 bridgehead atoms. The lowest BCUT2D eigenvalue weighted by Crippen LogP contribution is -2.22. The zero-order valence-corrected chi connectivity index (χ0v) is 15.6. The Hall–Kier alpha value is -2.90. The van der Waals surface area contributed by atoms with E-state index in [-0.39, 0.29) is 23.5 Å². The zero-order chi connectivity index (χ0) is 19.8. The molecular formula is C20H20F2N4O2. The van der Waals surface area contributed by atoms with Gasteiger partial charge in [0.05, 0.1) is 16.6 Å². The first-order valence-corrected chi connectivity index (χ1v) is 9.18. The fourth-order valence-corrected chi connectivity index (χ4v) is 3.55. The third-order valence-corrected chi connectivity index (χ3v) is 5.13. The Bertz CT molecular complexity index is 1020. The molecule has 1 fully saturated rings. The molecule has 1 aliphatic carbocycles. The van der Waals surface area contributed by atoms with Crippen LogP contribution in [0.3, 0.4) is 0 Å². The predicted molar refractivity (Wildman–Crippen MR) is 99.1 cm³/mol. The molecule has 8 heteroatoms. The fourth-order valence-electron chi connectivity index (χ4n) is 3.55. The molecule has 0 aromatic carbocycles. The number of fused-ring (bicyclic) bond motifs is 1. The highest BCUT2D eigenvalue weighted by Crippen LogP contribution is 2.32. The van der Waals surface area contributed by atoms with Crippen molar-refractivity contribution in [2.45, 2.75) is 38.7 Å². The van der Waals surface area contributed by atoms with Gasteiger partial charge in [-0.05, 0) is 31.5 Å². The van der Waals surface area contributed by atoms with E-state index in [1.54, 1.807) is 16.8 Å². The highest BCUT2D eigenvalue weighted by molar-refractivity contribution is 5.86. The number of Topliss-reactive ketones (excluding diaryl/α,β-unsaturated/α-hetero) is 1. The molecule has 3 aromatic rings. The number of pyridine rings is 2. The van der Waals surface area contributed by atoms with Crippen molar-refractivity contribution in [2.24, 2.45) is 13.0 Å². The first kappa shape index (κ1) is 18.5. The number of nitrogens with zero attached hydrogens (tertiary/aromatic N) is 4. The Morgan fingerprint density at radius 2 is 2.14 bits per heavy atom. The number of hydrogen-bond acceptors (Lipinski definition) is 5. The Kier molecular flexibility index (Phi) is 4.78. The van der Waals surface area contributed by atoms with Crippen LogP contribution in [0.1, 0.15) is 38.3 Å². The van der Waals surface area contributed by atoms with E-state index in [0.717, 1.165) is 11.8 Å². The quantitative estimate of drug-likeness (QED) is 0.660. The summed E-state index contributed by atoms with van der Waals surface area (Å²) in [5, 5.41) is 5.19. The second-order valence-electron chi connectivity index (χ2n) is 7.19. The van der Waals surface area contributed by atoms with Crippen LogP contribution < -0.4 is 4.74 Å². The molecule has 0 N–H and O–H groups in total. The molecule has 6 nitrogen and oxygen atoms in total. The van der Waals surface area contributed by atoms with E-state index >= 15 is 0 Å². The highest BCUT2D eigenvalue weighted by Gasteiger charge is 2.29. The zero-order valence-electron chi connectivity index (χ0n) is 15.6. The van der Waals surface area contributed by atoms with E-state index in [2.05, 4.69) is 15.1 Å². The number of rotatable bonds is 5. The summed E-state index contributed by atoms with van der Waals surface area (Å²) in [7, 11) is 1.81. The summed E-state index contributed by atoms with van der Waals surface area (Å²) < 4.78 is 33.3. The summed E-state index contributed by atoms with van der Waals surface area (Å²) in [5.74, 6) is 0.848. The van der Waals surface area contributed by atoms with Gasteiger partial charge >= 0.3 is 0 Å². The number of hydrogen-bond donors (Lipinski definition) is 0. The molecule has 146 valence electrons. The normalized spacial score (nSPS) is 18.2. The number of aromatic nitrogens is 4. The van der Waals surface area contributed by atoms with Crippen LogP contribution in [-0.4, -0.2) is 31.6 Å². The molecule has 0 radical (unpaired) electrons. The van der Waals surface area contributed by atoms with Gasteiger partial charge in [-0.15, -0.1) is 0 Å². The van der Waals surface area contributed by atoms with Gasteiger partial charge in [-0.3, -0.25) is 14.5 Å². The van der Waals surface area contributed by atoms with Gasteiger partial charge in [0.15, 0.2) is 0 Å². The maximum absolute atomic E-state index is 12.8. The molecule has 0 spiro atoms. The Morgan fingerprint density at radius 3 is 2.79 bits per heavy atom. The minimum Gasteiger partial charge on any atom is -0.474 e. The molecule has 0 saturated heterocycles. The van der Waals surface area contributed by atoms with Crippen LogP contribution in [0.4, 0.5) is 8.78 Å². The summed E-state index contributed by atoms with van der Waals surface area (Å²) in [6.45, 7) is 1.94. The second kappa shape index (κ2) is 7.26. The summed E-state index contributed by atoms with van der Waals surface area (Å²) in [4.78, 5) is 20.0. The second-order valence-corrected chi connectivity index (χ2v) is 7.19. The number of halogens is 2. The maximum Gasteiger partial charge on any atom is 0.280 e. The van der Waals surface area contributed by atoms with Crippen LogP contribution in [0.15, 0.2) is 30.6 Å². The van der Waals surface area contributed by atoms with Crippen LogP contribution in [0, 0.1) is 5.92 Å². The average molecular weight is 386 g/mol. The molecular weight excluding hydrogens is 366 g/mol. The van der Waals surface area contributed by atoms with Gasteiger partial charge in [-0.25, -0.2) is 13.8 Å². The van der Waals surface area contributed by atoms with E-state index in [1.165, 1.54) is 12.3 Å². The smallest absolute Gasteiger partial charge is 0.280 e. The molecule has 0 unspecified atom stereocenters. The molecule has 4 rings (SSSR count). The van der Waals surface area contributed by atoms with E-state index in [1.807, 2.05) is 20.2 Å². The fraction of sp³-hybridized carbons (Fsp3) is 0.400. The van der Waals surface area contributed by atoms with Gasteiger partial charge in [-0.2, -0.15) is 5.10 Å². The van der Waals surface area contributed by atoms with Crippen molar-refractivity contribution >= 4 is 16.7 Å². The van der Waals surface area contributed by atoms with Gasteiger partial charge in [-0.1, -0.05) is 0 Å². The van der Waals surface area contributed by atoms with Crippen LogP contribution in [-0.2, 0) is 11.8 Å². The minimum absolute atomic E-state index is 0.164. The van der Waals surface area contributed by atoms with Crippen LogP contribution in [0.25, 0.3) is 22.2 Å². The lowest BCUT2D eigenvalue weighted by Gasteiger charge is -2.20. The molecule has 2 atom stereocenters. The van der Waals surface area contributed by atoms with Crippen molar-refractivity contribution in [3.63, 3.8) is 0 Å². The summed E-state index contributed by atoms with van der Waals surface area (Å²) in [5.41, 5.74) is 1.56. The van der Waals surface area contributed by atoms with Crippen molar-refractivity contribution in [1.82, 2.24) is 19.7 Å². The predicted octanol–water partition coefficient (Wildman–Crippen LogP) is 4.10. The Balaban J connectivity index is 1.69. The third kappa shape index (κ3) is 3.58. The monoisotopic (exact) mass is 386 g/mol. The largest absolute Gasteiger partial charge is 0.474 e. The number of aryl methyl sites for hydroxylation is 1. The van der Waals surface area contributed by atoms with Gasteiger partial charge in [0.25, 0.3) is 6.43 Å². The van der Waals surface area contributed by atoms with Crippen LogP contribution in [0.2, 0.25) is 0 Å². The first-order chi connectivity index (χ1) is 13.4. The summed E-state index contributed by atoms with van der Waals surface area (Å²) >= 11 is 0. The third-order valence-electron chi connectivity index (χ3n) is 5.13. The molecule has 3 heterocycles. The van der Waals surface area contributed by atoms with Crippen LogP contribution >= 0.6 is 0 Å². The van der Waals surface area contributed by atoms with Crippen molar-refractivity contribution in [2.75, 3.05) is 0 Å². The van der Waals surface area contributed by atoms with E-state index in [4.69, 9.17) is 4.74 Å². The Morgan fingerprint density at radius 1 is 1.32 bits per heavy atom. The summed E-state index contributed by atoms with van der Waals surface area (Å²) in [6.07, 6.45) is 2.35. The van der Waals surface area contributed by atoms with E-state index < -0.39 is 6.43 Å². The minimum atomic E-state index is -2.62. The molecule has 3 aromatic heterocycles. The number of ether oxygens (including phenoxy) is 1. The van der Waals surface area contributed by atoms with Gasteiger partial charge in [0.2, 0.25) is 5.88 Å². The lowest BCUT2D eigenvalue weighted by molar-refractivity contribution is -0.117. The number of carbonyl (C=O) groups is 1. The van der Waals surface area contributed by atoms with Gasteiger partial charge < -0.3 is 4.74 Å². The van der Waals surface area contributed by atoms with Crippen molar-refractivity contribution < 1.29 is 18.3 Å². The maximum atomic E-state index is 12.8. The first-order valence-electron chi connectivity index (χ1n) is 9.18. The summed E-state index contributed by atoms with van der Waals surface area (Å²) in [6, 6.07) is 4.64. The van der Waals surface area contributed by atoms with Gasteiger partial charge in [0, 0.05) is 43.8 Å². The van der Waals surface area contributed by atoms with E-state index in [0.29, 0.717) is 35.5 Å². The molecule has 0 aliphatic heterocycles. The van der Waals surface area contributed by atoms with Gasteiger partial charge in [0.1, 0.15) is 17.6 Å². The standard InChI is InChI=1S/C20H20F2N4O2/c1-11(12-3-5-14(27)7-12)28-20-15-10-26(2)25-18(15)8-17(24-20)13-4-6-16(19(21)22)23-9-13/h4,6,8-12,19H,3,5,7H2,1-2H3/t11-,12+/m1/s1. The van der Waals surface area contributed by atoms with Crippen molar-refractivity contribution in [3.8, 4) is 17.1 Å². The van der Waals surface area contributed by atoms with Crippen LogP contribution in [0.5, 0.6) is 5.88 Å². The molecule has 28 heavy (non-hydrogen) atoms. The lowest BCUT2D eigenvalue weighted by atomic mass is 10.0. The molecule has 1 saturated carbocycles. The Labute approximate surface area is 160 Å². The number of ketones is 1. The van der Waals surface area contributed by atoms with E-state index in [9.17, 15) is 13.6 Å². The topological polar surface area (TPSA) is 69.9 Å². The van der Waals surface area contributed by atoms with Crippen molar-refractivity contribution in [3.05, 3.63) is 36.3 Å². The van der Waals surface area contributed by atoms with Crippen molar-refractivity contribution in [1.29, 1.82) is 0 Å². The highest BCUT2D eigenvalue weighted by atomic mass is 19.3. The molecule has 1 aliphatic rings. The number of carbonyl (C=O) groups excluding carboxylic acids is 1. The number of alkyl halides is 2. The SMILES string of the molecule is C[C@@H](Oc1nc(-c2ccc(C(F)F)nc2)cc2nn(C)cc12)[C@H]1CCC(=O)C1. The average Bonchev–Trinajstić information content (AvgIpc) is 3.26.